The van der Waals surface area contributed by atoms with Gasteiger partial charge in [-0.2, -0.15) is 0 Å². The number of benzene rings is 1. The Hall–Kier alpha value is -0.380. The molecule has 94 valence electrons. The Morgan fingerprint density at radius 3 is 3.00 bits per heavy atom. The molecule has 3 heteroatoms. The van der Waals surface area contributed by atoms with Crippen LogP contribution in [0, 0.1) is 5.92 Å². The predicted octanol–water partition coefficient (Wildman–Crippen LogP) is 3.52. The summed E-state index contributed by atoms with van der Waals surface area (Å²) in [4.78, 5) is 0. The van der Waals surface area contributed by atoms with Crippen LogP contribution >= 0.6 is 15.9 Å². The molecule has 0 spiro atoms. The van der Waals surface area contributed by atoms with E-state index in [1.54, 1.807) is 0 Å². The van der Waals surface area contributed by atoms with Crippen molar-refractivity contribution in [2.75, 3.05) is 13.2 Å². The maximum atomic E-state index is 5.47. The van der Waals surface area contributed by atoms with Crippen LogP contribution in [0.5, 0.6) is 0 Å². The van der Waals surface area contributed by atoms with E-state index in [0.29, 0.717) is 18.0 Å². The smallest absolute Gasteiger partial charge is 0.0506 e. The van der Waals surface area contributed by atoms with Crippen molar-refractivity contribution in [2.45, 2.75) is 32.4 Å². The SMILES string of the molecule is CC1COCCC1N[C@@H](C)c1cccc(Br)c1. The highest BCUT2D eigenvalue weighted by molar-refractivity contribution is 9.10. The number of ether oxygens (including phenoxy) is 1. The fourth-order valence-corrected chi connectivity index (χ4v) is 2.74. The Labute approximate surface area is 112 Å². The van der Waals surface area contributed by atoms with E-state index in [0.717, 1.165) is 24.1 Å². The molecule has 17 heavy (non-hydrogen) atoms. The topological polar surface area (TPSA) is 21.3 Å². The van der Waals surface area contributed by atoms with Gasteiger partial charge in [0.25, 0.3) is 0 Å². The zero-order valence-electron chi connectivity index (χ0n) is 10.4. The van der Waals surface area contributed by atoms with E-state index in [1.807, 2.05) is 0 Å². The normalized spacial score (nSPS) is 26.8. The molecule has 0 bridgehead atoms. The summed E-state index contributed by atoms with van der Waals surface area (Å²) in [5.41, 5.74) is 1.33. The van der Waals surface area contributed by atoms with Crippen molar-refractivity contribution in [1.29, 1.82) is 0 Å². The first kappa shape index (κ1) is 13.1. The molecule has 0 radical (unpaired) electrons. The fraction of sp³-hybridized carbons (Fsp3) is 0.571. The molecule has 0 saturated carbocycles. The zero-order valence-corrected chi connectivity index (χ0v) is 12.0. The standard InChI is InChI=1S/C14H20BrNO/c1-10-9-17-7-6-14(10)16-11(2)12-4-3-5-13(15)8-12/h3-5,8,10-11,14,16H,6-7,9H2,1-2H3/t10?,11-,14?/m0/s1. The lowest BCUT2D eigenvalue weighted by molar-refractivity contribution is 0.0363. The Morgan fingerprint density at radius 2 is 2.29 bits per heavy atom. The fourth-order valence-electron chi connectivity index (χ4n) is 2.32. The number of halogens is 1. The van der Waals surface area contributed by atoms with Gasteiger partial charge in [0.2, 0.25) is 0 Å². The summed E-state index contributed by atoms with van der Waals surface area (Å²) in [6, 6.07) is 9.46. The summed E-state index contributed by atoms with van der Waals surface area (Å²) in [5.74, 6) is 0.596. The molecule has 1 saturated heterocycles. The Kier molecular flexibility index (Phi) is 4.60. The predicted molar refractivity (Wildman–Crippen MR) is 74.1 cm³/mol. The van der Waals surface area contributed by atoms with Gasteiger partial charge >= 0.3 is 0 Å². The minimum Gasteiger partial charge on any atom is -0.381 e. The van der Waals surface area contributed by atoms with Crippen molar-refractivity contribution in [2.24, 2.45) is 5.92 Å². The highest BCUT2D eigenvalue weighted by atomic mass is 79.9. The summed E-state index contributed by atoms with van der Waals surface area (Å²) in [6.07, 6.45) is 1.11. The quantitative estimate of drug-likeness (QED) is 0.922. The Bertz CT molecular complexity index is 369. The van der Waals surface area contributed by atoms with Crippen LogP contribution in [-0.4, -0.2) is 19.3 Å². The van der Waals surface area contributed by atoms with Crippen LogP contribution in [0.4, 0.5) is 0 Å². The molecule has 2 rings (SSSR count). The van der Waals surface area contributed by atoms with Gasteiger partial charge < -0.3 is 10.1 Å². The van der Waals surface area contributed by atoms with E-state index in [-0.39, 0.29) is 0 Å². The molecular weight excluding hydrogens is 278 g/mol. The van der Waals surface area contributed by atoms with Crippen molar-refractivity contribution in [1.82, 2.24) is 5.32 Å². The van der Waals surface area contributed by atoms with Crippen molar-refractivity contribution in [3.05, 3.63) is 34.3 Å². The molecule has 0 aromatic heterocycles. The second-order valence-corrected chi connectivity index (χ2v) is 5.81. The van der Waals surface area contributed by atoms with Gasteiger partial charge in [0.15, 0.2) is 0 Å². The van der Waals surface area contributed by atoms with Gasteiger partial charge in [-0.1, -0.05) is 35.0 Å². The minimum absolute atomic E-state index is 0.387. The summed E-state index contributed by atoms with van der Waals surface area (Å²) in [5, 5.41) is 3.71. The molecule has 1 aromatic carbocycles. The third-order valence-corrected chi connectivity index (χ3v) is 3.95. The average Bonchev–Trinajstić information content (AvgIpc) is 2.32. The molecule has 2 unspecified atom stereocenters. The molecule has 1 aliphatic heterocycles. The third-order valence-electron chi connectivity index (χ3n) is 3.45. The van der Waals surface area contributed by atoms with E-state index in [9.17, 15) is 0 Å². The summed E-state index contributed by atoms with van der Waals surface area (Å²) < 4.78 is 6.61. The van der Waals surface area contributed by atoms with E-state index in [2.05, 4.69) is 59.4 Å². The molecule has 1 aromatic rings. The van der Waals surface area contributed by atoms with E-state index in [1.165, 1.54) is 5.56 Å². The van der Waals surface area contributed by atoms with E-state index < -0.39 is 0 Å². The van der Waals surface area contributed by atoms with Crippen LogP contribution < -0.4 is 5.32 Å². The maximum absolute atomic E-state index is 5.47. The maximum Gasteiger partial charge on any atom is 0.0506 e. The molecule has 0 amide bonds. The second kappa shape index (κ2) is 5.98. The lowest BCUT2D eigenvalue weighted by Crippen LogP contribution is -2.42. The largest absolute Gasteiger partial charge is 0.381 e. The molecular formula is C14H20BrNO. The van der Waals surface area contributed by atoms with Gasteiger partial charge in [0.05, 0.1) is 6.61 Å². The van der Waals surface area contributed by atoms with E-state index >= 15 is 0 Å². The number of hydrogen-bond donors (Lipinski definition) is 1. The molecule has 3 atom stereocenters. The zero-order chi connectivity index (χ0) is 12.3. The first-order valence-corrected chi connectivity index (χ1v) is 7.05. The Morgan fingerprint density at radius 1 is 1.47 bits per heavy atom. The number of nitrogens with one attached hydrogen (secondary N) is 1. The highest BCUT2D eigenvalue weighted by Gasteiger charge is 2.23. The van der Waals surface area contributed by atoms with E-state index in [4.69, 9.17) is 4.74 Å². The highest BCUT2D eigenvalue weighted by Crippen LogP contribution is 2.21. The first-order valence-electron chi connectivity index (χ1n) is 6.26. The number of hydrogen-bond acceptors (Lipinski definition) is 2. The van der Waals surface area contributed by atoms with Gasteiger partial charge in [-0.05, 0) is 37.0 Å². The van der Waals surface area contributed by atoms with Crippen LogP contribution in [0.25, 0.3) is 0 Å². The van der Waals surface area contributed by atoms with Crippen molar-refractivity contribution in [3.63, 3.8) is 0 Å². The van der Waals surface area contributed by atoms with Crippen molar-refractivity contribution >= 4 is 15.9 Å². The molecule has 1 fully saturated rings. The van der Waals surface area contributed by atoms with Crippen LogP contribution in [0.2, 0.25) is 0 Å². The van der Waals surface area contributed by atoms with Gasteiger partial charge in [-0.25, -0.2) is 0 Å². The minimum atomic E-state index is 0.387. The monoisotopic (exact) mass is 297 g/mol. The van der Waals surface area contributed by atoms with Gasteiger partial charge in [0, 0.05) is 23.2 Å². The molecule has 1 N–H and O–H groups in total. The molecule has 1 aliphatic rings. The summed E-state index contributed by atoms with van der Waals surface area (Å²) >= 11 is 3.52. The first-order chi connectivity index (χ1) is 8.16. The van der Waals surface area contributed by atoms with Crippen LogP contribution in [0.3, 0.4) is 0 Å². The van der Waals surface area contributed by atoms with Crippen molar-refractivity contribution < 1.29 is 4.74 Å². The van der Waals surface area contributed by atoms with Gasteiger partial charge in [-0.15, -0.1) is 0 Å². The molecule has 0 aliphatic carbocycles. The van der Waals surface area contributed by atoms with Crippen molar-refractivity contribution in [3.8, 4) is 0 Å². The van der Waals surface area contributed by atoms with Crippen LogP contribution in [0.15, 0.2) is 28.7 Å². The number of rotatable bonds is 3. The average molecular weight is 298 g/mol. The lowest BCUT2D eigenvalue weighted by atomic mass is 9.96. The lowest BCUT2D eigenvalue weighted by Gasteiger charge is -2.32. The van der Waals surface area contributed by atoms with Gasteiger partial charge in [-0.3, -0.25) is 0 Å². The second-order valence-electron chi connectivity index (χ2n) is 4.89. The van der Waals surface area contributed by atoms with Gasteiger partial charge in [0.1, 0.15) is 0 Å². The van der Waals surface area contributed by atoms with Crippen LogP contribution in [-0.2, 0) is 4.74 Å². The third kappa shape index (κ3) is 3.54. The molecule has 2 nitrogen and oxygen atoms in total. The summed E-state index contributed by atoms with van der Waals surface area (Å²) in [7, 11) is 0. The Balaban J connectivity index is 1.98. The summed E-state index contributed by atoms with van der Waals surface area (Å²) in [6.45, 7) is 6.24. The van der Waals surface area contributed by atoms with Crippen LogP contribution in [0.1, 0.15) is 31.9 Å². The molecule has 1 heterocycles.